The van der Waals surface area contributed by atoms with Crippen molar-refractivity contribution in [3.8, 4) is 0 Å². The van der Waals surface area contributed by atoms with Crippen LogP contribution in [0.1, 0.15) is 38.2 Å². The van der Waals surface area contributed by atoms with Gasteiger partial charge in [0.15, 0.2) is 0 Å². The minimum atomic E-state index is -1.34. The summed E-state index contributed by atoms with van der Waals surface area (Å²) >= 11 is 6.66. The first-order valence-corrected chi connectivity index (χ1v) is 15.6. The van der Waals surface area contributed by atoms with E-state index in [-0.39, 0.29) is 30.9 Å². The van der Waals surface area contributed by atoms with Gasteiger partial charge in [-0.05, 0) is 56.4 Å². The van der Waals surface area contributed by atoms with Crippen molar-refractivity contribution >= 4 is 40.7 Å². The van der Waals surface area contributed by atoms with Gasteiger partial charge in [-0.1, -0.05) is 73.2 Å². The lowest BCUT2D eigenvalue weighted by Crippen LogP contribution is -2.56. The lowest BCUT2D eigenvalue weighted by Gasteiger charge is -2.38. The Hall–Kier alpha value is -3.46. The quantitative estimate of drug-likeness (QED) is 0.350. The second kappa shape index (κ2) is 11.6. The molecule has 0 bridgehead atoms. The minimum absolute atomic E-state index is 0.0610. The minimum Gasteiger partial charge on any atom is -0.396 e. The Balaban J connectivity index is 1.48. The Morgan fingerprint density at radius 3 is 2.35 bits per heavy atom. The highest BCUT2D eigenvalue weighted by molar-refractivity contribution is 6.34. The molecule has 8 nitrogen and oxygen atoms in total. The smallest absolute Gasteiger partial charge is 0.253 e. The Morgan fingerprint density at radius 1 is 0.884 bits per heavy atom. The summed E-state index contributed by atoms with van der Waals surface area (Å²) in [6, 6.07) is 14.0. The third-order valence-electron chi connectivity index (χ3n) is 9.52. The molecule has 1 N–H and O–H groups in total. The molecule has 1 unspecified atom stereocenters. The second-order valence-corrected chi connectivity index (χ2v) is 12.3. The average Bonchev–Trinajstić information content (AvgIpc) is 3.29. The van der Waals surface area contributed by atoms with Crippen LogP contribution >= 0.6 is 11.6 Å². The van der Waals surface area contributed by atoms with Crippen molar-refractivity contribution in [2.45, 2.75) is 56.8 Å². The number of unbranched alkanes of at least 4 members (excludes halogenated alkanes) is 2. The van der Waals surface area contributed by atoms with E-state index in [1.165, 1.54) is 0 Å². The van der Waals surface area contributed by atoms with Gasteiger partial charge < -0.3 is 24.5 Å². The molecule has 226 valence electrons. The summed E-state index contributed by atoms with van der Waals surface area (Å²) in [4.78, 5) is 48.9. The number of para-hydroxylation sites is 2. The van der Waals surface area contributed by atoms with Crippen molar-refractivity contribution in [1.29, 1.82) is 0 Å². The van der Waals surface area contributed by atoms with E-state index < -0.39 is 29.1 Å². The molecule has 1 spiro atoms. The fourth-order valence-corrected chi connectivity index (χ4v) is 7.90. The van der Waals surface area contributed by atoms with E-state index in [1.807, 2.05) is 80.6 Å². The van der Waals surface area contributed by atoms with Gasteiger partial charge in [-0.25, -0.2) is 0 Å². The SMILES string of the molecule is CC[C@]12C=CCN(c3ccccc3)C(=O)[C@H]1[C@H]1C(=O)N(CCCCCO)C3C(=O)N(c4c(C)cccc4Cl)CC=C[C@@]31O2. The fourth-order valence-electron chi connectivity index (χ4n) is 7.58. The number of aryl methyl sites for hydroxylation is 1. The van der Waals surface area contributed by atoms with Gasteiger partial charge in [0.1, 0.15) is 11.6 Å². The molecule has 2 aromatic rings. The normalized spacial score (nSPS) is 29.9. The summed E-state index contributed by atoms with van der Waals surface area (Å²) < 4.78 is 7.07. The van der Waals surface area contributed by atoms with Gasteiger partial charge in [-0.2, -0.15) is 0 Å². The number of hydrogen-bond donors (Lipinski definition) is 1. The molecule has 3 amide bonds. The number of carbonyl (C=O) groups excluding carboxylic acids is 3. The van der Waals surface area contributed by atoms with E-state index in [9.17, 15) is 19.5 Å². The largest absolute Gasteiger partial charge is 0.396 e. The fraction of sp³-hybridized carbons (Fsp3) is 0.441. The predicted molar refractivity (Wildman–Crippen MR) is 166 cm³/mol. The van der Waals surface area contributed by atoms with Crippen LogP contribution < -0.4 is 9.80 Å². The lowest BCUT2D eigenvalue weighted by atomic mass is 9.73. The molecule has 4 aliphatic rings. The number of halogens is 1. The van der Waals surface area contributed by atoms with Gasteiger partial charge in [-0.3, -0.25) is 14.4 Å². The summed E-state index contributed by atoms with van der Waals surface area (Å²) in [7, 11) is 0. The Bertz CT molecular complexity index is 1460. The summed E-state index contributed by atoms with van der Waals surface area (Å²) in [5.74, 6) is -2.41. The summed E-state index contributed by atoms with van der Waals surface area (Å²) in [5.41, 5.74) is -0.186. The predicted octanol–water partition coefficient (Wildman–Crippen LogP) is 4.68. The van der Waals surface area contributed by atoms with E-state index in [4.69, 9.17) is 16.3 Å². The standard InChI is InChI=1S/C34H38ClN3O5/c1-3-33-17-11-20-36(24-14-6-4-7-15-24)30(40)26(33)27-31(41)38(19-8-5-9-22-39)29-32(42)37(21-12-18-34(27,29)43-33)28-23(2)13-10-16-25(28)35/h4,6-7,10-18,26-27,29,39H,3,5,8-9,19-22H2,1-2H3/t26-,27+,29?,33+,34+/m1/s1. The van der Waals surface area contributed by atoms with Crippen LogP contribution in [-0.2, 0) is 19.1 Å². The highest BCUT2D eigenvalue weighted by Crippen LogP contribution is 2.59. The van der Waals surface area contributed by atoms with Crippen molar-refractivity contribution in [2.75, 3.05) is 36.0 Å². The van der Waals surface area contributed by atoms with E-state index in [0.29, 0.717) is 49.5 Å². The number of aliphatic hydroxyl groups is 1. The number of benzene rings is 2. The van der Waals surface area contributed by atoms with Gasteiger partial charge in [0, 0.05) is 31.9 Å². The highest BCUT2D eigenvalue weighted by atomic mass is 35.5. The second-order valence-electron chi connectivity index (χ2n) is 11.9. The highest BCUT2D eigenvalue weighted by Gasteiger charge is 2.75. The molecule has 6 rings (SSSR count). The Kier molecular flexibility index (Phi) is 7.96. The van der Waals surface area contributed by atoms with Crippen LogP contribution in [-0.4, -0.2) is 71.2 Å². The van der Waals surface area contributed by atoms with E-state index in [2.05, 4.69) is 0 Å². The number of amides is 3. The van der Waals surface area contributed by atoms with Gasteiger partial charge in [0.25, 0.3) is 5.91 Å². The van der Waals surface area contributed by atoms with Crippen LogP contribution in [0.25, 0.3) is 0 Å². The zero-order valence-corrected chi connectivity index (χ0v) is 25.4. The Labute approximate surface area is 257 Å². The molecule has 2 fully saturated rings. The van der Waals surface area contributed by atoms with Crippen molar-refractivity contribution in [3.05, 3.63) is 83.4 Å². The van der Waals surface area contributed by atoms with E-state index in [1.54, 1.807) is 20.8 Å². The van der Waals surface area contributed by atoms with Crippen molar-refractivity contribution in [2.24, 2.45) is 11.8 Å². The number of nitrogens with zero attached hydrogens (tertiary/aromatic N) is 3. The summed E-state index contributed by atoms with van der Waals surface area (Å²) in [5, 5.41) is 9.80. The zero-order valence-electron chi connectivity index (χ0n) is 24.6. The molecular formula is C34H38ClN3O5. The number of likely N-dealkylation sites (tertiary alicyclic amines) is 1. The number of carbonyl (C=O) groups is 3. The molecule has 43 heavy (non-hydrogen) atoms. The van der Waals surface area contributed by atoms with Crippen LogP contribution in [0, 0.1) is 18.8 Å². The first kappa shape index (κ1) is 29.6. The third kappa shape index (κ3) is 4.62. The van der Waals surface area contributed by atoms with E-state index >= 15 is 0 Å². The van der Waals surface area contributed by atoms with Gasteiger partial charge in [0.05, 0.1) is 28.1 Å². The number of rotatable bonds is 8. The monoisotopic (exact) mass is 603 g/mol. The lowest BCUT2D eigenvalue weighted by molar-refractivity contribution is -0.145. The molecule has 0 saturated carbocycles. The molecule has 5 atom stereocenters. The molecule has 2 saturated heterocycles. The number of fused-ring (bicyclic) bond motifs is 2. The maximum absolute atomic E-state index is 14.7. The zero-order chi connectivity index (χ0) is 30.4. The molecule has 0 radical (unpaired) electrons. The van der Waals surface area contributed by atoms with Crippen LogP contribution in [0.15, 0.2) is 72.8 Å². The van der Waals surface area contributed by atoms with Crippen LogP contribution in [0.2, 0.25) is 5.02 Å². The van der Waals surface area contributed by atoms with Crippen molar-refractivity contribution in [3.63, 3.8) is 0 Å². The van der Waals surface area contributed by atoms with Gasteiger partial charge in [0.2, 0.25) is 11.8 Å². The van der Waals surface area contributed by atoms with Crippen LogP contribution in [0.3, 0.4) is 0 Å². The maximum Gasteiger partial charge on any atom is 0.253 e. The maximum atomic E-state index is 14.7. The van der Waals surface area contributed by atoms with E-state index in [0.717, 1.165) is 11.3 Å². The van der Waals surface area contributed by atoms with Gasteiger partial charge in [-0.15, -0.1) is 0 Å². The molecule has 4 heterocycles. The number of ether oxygens (including phenoxy) is 1. The average molecular weight is 604 g/mol. The molecule has 0 aromatic heterocycles. The molecule has 4 aliphatic heterocycles. The molecule has 2 aromatic carbocycles. The van der Waals surface area contributed by atoms with Crippen molar-refractivity contribution in [1.82, 2.24) is 4.90 Å². The van der Waals surface area contributed by atoms with Crippen LogP contribution in [0.4, 0.5) is 11.4 Å². The number of hydrogen-bond acceptors (Lipinski definition) is 5. The van der Waals surface area contributed by atoms with Crippen molar-refractivity contribution < 1.29 is 24.2 Å². The summed E-state index contributed by atoms with van der Waals surface area (Å²) in [6.45, 7) is 4.87. The third-order valence-corrected chi connectivity index (χ3v) is 9.83. The molecule has 9 heteroatoms. The Morgan fingerprint density at radius 2 is 1.63 bits per heavy atom. The van der Waals surface area contributed by atoms with Crippen LogP contribution in [0.5, 0.6) is 0 Å². The number of aliphatic hydroxyl groups excluding tert-OH is 1. The van der Waals surface area contributed by atoms with Gasteiger partial charge >= 0.3 is 0 Å². The number of anilines is 2. The topological polar surface area (TPSA) is 90.4 Å². The molecule has 0 aliphatic carbocycles. The molecular weight excluding hydrogens is 566 g/mol. The summed E-state index contributed by atoms with van der Waals surface area (Å²) in [6.07, 6.45) is 10.0. The first-order chi connectivity index (χ1) is 20.8. The first-order valence-electron chi connectivity index (χ1n) is 15.2.